The highest BCUT2D eigenvalue weighted by molar-refractivity contribution is 9.10. The van der Waals surface area contributed by atoms with Crippen molar-refractivity contribution in [2.75, 3.05) is 5.32 Å². The van der Waals surface area contributed by atoms with E-state index in [2.05, 4.69) is 31.2 Å². The molecule has 2 atom stereocenters. The van der Waals surface area contributed by atoms with Gasteiger partial charge in [0, 0.05) is 28.1 Å². The summed E-state index contributed by atoms with van der Waals surface area (Å²) in [5.74, 6) is 0.703. The van der Waals surface area contributed by atoms with E-state index >= 15 is 0 Å². The Kier molecular flexibility index (Phi) is 3.66. The highest BCUT2D eigenvalue weighted by Gasteiger charge is 2.19. The zero-order chi connectivity index (χ0) is 13.2. The largest absolute Gasteiger partial charge is 0.351 e. The van der Waals surface area contributed by atoms with Gasteiger partial charge in [0.15, 0.2) is 0 Å². The van der Waals surface area contributed by atoms with Crippen molar-refractivity contribution in [2.45, 2.75) is 37.8 Å². The van der Waals surface area contributed by atoms with Crippen LogP contribution in [0.25, 0.3) is 10.9 Å². The second-order valence-corrected chi connectivity index (χ2v) is 6.08. The van der Waals surface area contributed by atoms with Crippen LogP contribution in [0.1, 0.15) is 25.7 Å². The molecule has 5 heteroatoms. The van der Waals surface area contributed by atoms with Gasteiger partial charge in [-0.3, -0.25) is 0 Å². The molecular weight excluding hydrogens is 304 g/mol. The topological polar surface area (TPSA) is 63.8 Å². The van der Waals surface area contributed by atoms with Gasteiger partial charge in [-0.05, 0) is 43.9 Å². The first kappa shape index (κ1) is 12.8. The molecule has 1 fully saturated rings. The monoisotopic (exact) mass is 320 g/mol. The zero-order valence-electron chi connectivity index (χ0n) is 10.6. The number of halogens is 1. The number of aromatic nitrogens is 2. The van der Waals surface area contributed by atoms with Crippen LogP contribution in [0.3, 0.4) is 0 Å². The number of nitrogens with two attached hydrogens (primary N) is 1. The number of nitrogens with zero attached hydrogens (tertiary/aromatic N) is 2. The third-order valence-corrected chi connectivity index (χ3v) is 4.08. The third-order valence-electron chi connectivity index (χ3n) is 3.59. The van der Waals surface area contributed by atoms with Crippen LogP contribution in [0.15, 0.2) is 28.9 Å². The van der Waals surface area contributed by atoms with E-state index in [-0.39, 0.29) is 0 Å². The van der Waals surface area contributed by atoms with Gasteiger partial charge in [-0.2, -0.15) is 0 Å². The molecule has 19 heavy (non-hydrogen) atoms. The summed E-state index contributed by atoms with van der Waals surface area (Å²) in [6, 6.07) is 6.73. The second-order valence-electron chi connectivity index (χ2n) is 5.16. The standard InChI is InChI=1S/C14H17BrN4/c15-10-4-5-13-9(6-10)8-17-14(19-13)18-12-3-1-2-11(16)7-12/h4-6,8,11-12H,1-3,7,16H2,(H,17,18,19). The maximum Gasteiger partial charge on any atom is 0.223 e. The fraction of sp³-hybridized carbons (Fsp3) is 0.429. The minimum atomic E-state index is 0.308. The molecule has 3 N–H and O–H groups in total. The molecule has 4 nitrogen and oxygen atoms in total. The Morgan fingerprint density at radius 3 is 3.05 bits per heavy atom. The van der Waals surface area contributed by atoms with Crippen molar-refractivity contribution in [3.63, 3.8) is 0 Å². The SMILES string of the molecule is NC1CCCC(Nc2ncc3cc(Br)ccc3n2)C1. The molecule has 100 valence electrons. The van der Waals surface area contributed by atoms with E-state index in [1.54, 1.807) is 0 Å². The number of nitrogens with one attached hydrogen (secondary N) is 1. The van der Waals surface area contributed by atoms with E-state index in [1.165, 1.54) is 6.42 Å². The Bertz CT molecular complexity index is 587. The Balaban J connectivity index is 1.79. The fourth-order valence-corrected chi connectivity index (χ4v) is 2.99. The lowest BCUT2D eigenvalue weighted by Crippen LogP contribution is -2.35. The van der Waals surface area contributed by atoms with Gasteiger partial charge in [0.1, 0.15) is 0 Å². The summed E-state index contributed by atoms with van der Waals surface area (Å²) in [4.78, 5) is 8.93. The molecule has 2 unspecified atom stereocenters. The van der Waals surface area contributed by atoms with Crippen LogP contribution in [0, 0.1) is 0 Å². The number of rotatable bonds is 2. The summed E-state index contributed by atoms with van der Waals surface area (Å²) in [6.07, 6.45) is 6.32. The Morgan fingerprint density at radius 1 is 1.32 bits per heavy atom. The molecule has 0 saturated heterocycles. The van der Waals surface area contributed by atoms with E-state index < -0.39 is 0 Å². The summed E-state index contributed by atoms with van der Waals surface area (Å²) in [7, 11) is 0. The molecule has 0 spiro atoms. The maximum absolute atomic E-state index is 6.00. The molecule has 3 rings (SSSR count). The Morgan fingerprint density at radius 2 is 2.21 bits per heavy atom. The molecule has 0 radical (unpaired) electrons. The predicted octanol–water partition coefficient (Wildman–Crippen LogP) is 3.07. The van der Waals surface area contributed by atoms with Crippen molar-refractivity contribution < 1.29 is 0 Å². The van der Waals surface area contributed by atoms with Crippen molar-refractivity contribution in [1.29, 1.82) is 0 Å². The van der Waals surface area contributed by atoms with Crippen molar-refractivity contribution in [1.82, 2.24) is 9.97 Å². The zero-order valence-corrected chi connectivity index (χ0v) is 12.2. The summed E-state index contributed by atoms with van der Waals surface area (Å²) < 4.78 is 1.04. The highest BCUT2D eigenvalue weighted by atomic mass is 79.9. The number of fused-ring (bicyclic) bond motifs is 1. The van der Waals surface area contributed by atoms with Gasteiger partial charge in [0.2, 0.25) is 5.95 Å². The number of anilines is 1. The van der Waals surface area contributed by atoms with Crippen molar-refractivity contribution >= 4 is 32.8 Å². The molecule has 1 aromatic carbocycles. The van der Waals surface area contributed by atoms with Crippen molar-refractivity contribution in [2.24, 2.45) is 5.73 Å². The lowest BCUT2D eigenvalue weighted by atomic mass is 9.92. The quantitative estimate of drug-likeness (QED) is 0.892. The minimum Gasteiger partial charge on any atom is -0.351 e. The average Bonchev–Trinajstić information content (AvgIpc) is 2.39. The highest BCUT2D eigenvalue weighted by Crippen LogP contribution is 2.22. The number of hydrogen-bond acceptors (Lipinski definition) is 4. The van der Waals surface area contributed by atoms with E-state index in [1.807, 2.05) is 24.4 Å². The van der Waals surface area contributed by atoms with Crippen LogP contribution in [-0.4, -0.2) is 22.1 Å². The van der Waals surface area contributed by atoms with Gasteiger partial charge in [0.25, 0.3) is 0 Å². The van der Waals surface area contributed by atoms with Crippen molar-refractivity contribution in [3.05, 3.63) is 28.9 Å². The fourth-order valence-electron chi connectivity index (χ4n) is 2.62. The average molecular weight is 321 g/mol. The van der Waals surface area contributed by atoms with Gasteiger partial charge in [0.05, 0.1) is 5.52 Å². The summed E-state index contributed by atoms with van der Waals surface area (Å²) >= 11 is 3.45. The first-order valence-electron chi connectivity index (χ1n) is 6.65. The minimum absolute atomic E-state index is 0.308. The molecule has 1 aliphatic carbocycles. The van der Waals surface area contributed by atoms with Crippen LogP contribution in [0.2, 0.25) is 0 Å². The number of benzene rings is 1. The molecule has 0 amide bonds. The lowest BCUT2D eigenvalue weighted by molar-refractivity contribution is 0.408. The van der Waals surface area contributed by atoms with Gasteiger partial charge < -0.3 is 11.1 Å². The van der Waals surface area contributed by atoms with Crippen LogP contribution < -0.4 is 11.1 Å². The van der Waals surface area contributed by atoms with E-state index in [9.17, 15) is 0 Å². The van der Waals surface area contributed by atoms with Crippen LogP contribution >= 0.6 is 15.9 Å². The molecule has 1 heterocycles. The molecule has 0 aliphatic heterocycles. The molecule has 2 aromatic rings. The normalized spacial score (nSPS) is 23.5. The molecular formula is C14H17BrN4. The van der Waals surface area contributed by atoms with E-state index in [4.69, 9.17) is 5.73 Å². The van der Waals surface area contributed by atoms with Gasteiger partial charge >= 0.3 is 0 Å². The second kappa shape index (κ2) is 5.43. The van der Waals surface area contributed by atoms with Gasteiger partial charge in [-0.15, -0.1) is 0 Å². The van der Waals surface area contributed by atoms with Gasteiger partial charge in [-0.1, -0.05) is 15.9 Å². The van der Waals surface area contributed by atoms with Crippen LogP contribution in [-0.2, 0) is 0 Å². The lowest BCUT2D eigenvalue weighted by Gasteiger charge is -2.27. The predicted molar refractivity (Wildman–Crippen MR) is 81.1 cm³/mol. The van der Waals surface area contributed by atoms with E-state index in [0.29, 0.717) is 18.0 Å². The molecule has 1 aliphatic rings. The first-order valence-corrected chi connectivity index (χ1v) is 7.44. The number of hydrogen-bond donors (Lipinski definition) is 2. The Hall–Kier alpha value is -1.20. The maximum atomic E-state index is 6.00. The summed E-state index contributed by atoms with van der Waals surface area (Å²) in [5, 5.41) is 4.45. The van der Waals surface area contributed by atoms with Crippen LogP contribution in [0.4, 0.5) is 5.95 Å². The van der Waals surface area contributed by atoms with Crippen molar-refractivity contribution in [3.8, 4) is 0 Å². The smallest absolute Gasteiger partial charge is 0.223 e. The van der Waals surface area contributed by atoms with Gasteiger partial charge in [-0.25, -0.2) is 9.97 Å². The summed E-state index contributed by atoms with van der Waals surface area (Å²) in [6.45, 7) is 0. The molecule has 1 saturated carbocycles. The first-order chi connectivity index (χ1) is 9.20. The Labute approximate surface area is 120 Å². The summed E-state index contributed by atoms with van der Waals surface area (Å²) in [5.41, 5.74) is 6.96. The molecule has 0 bridgehead atoms. The third kappa shape index (κ3) is 3.04. The molecule has 1 aromatic heterocycles. The van der Waals surface area contributed by atoms with E-state index in [0.717, 1.165) is 34.6 Å². The van der Waals surface area contributed by atoms with Crippen LogP contribution in [0.5, 0.6) is 0 Å².